The molecule has 94 valence electrons. The third-order valence-corrected chi connectivity index (χ3v) is 2.61. The highest BCUT2D eigenvalue weighted by Crippen LogP contribution is 2.00. The highest BCUT2D eigenvalue weighted by Gasteiger charge is 2.01. The zero-order valence-corrected chi connectivity index (χ0v) is 10.2. The van der Waals surface area contributed by atoms with Crippen LogP contribution in [0.15, 0.2) is 30.3 Å². The molecule has 0 spiro atoms. The van der Waals surface area contributed by atoms with E-state index in [2.05, 4.69) is 5.32 Å². The Morgan fingerprint density at radius 1 is 1.06 bits per heavy atom. The summed E-state index contributed by atoms with van der Waals surface area (Å²) < 4.78 is 0. The predicted molar refractivity (Wildman–Crippen MR) is 68.7 cm³/mol. The second-order valence-corrected chi connectivity index (χ2v) is 4.15. The smallest absolute Gasteiger partial charge is 0.224 e. The number of carbonyl (C=O) groups excluding carboxylic acids is 1. The fraction of sp³-hybridized carbons (Fsp3) is 0.500. The minimum Gasteiger partial charge on any atom is -0.396 e. The molecule has 0 fully saturated rings. The van der Waals surface area contributed by atoms with Gasteiger partial charge in [-0.25, -0.2) is 0 Å². The monoisotopic (exact) mass is 235 g/mol. The summed E-state index contributed by atoms with van der Waals surface area (Å²) in [5, 5.41) is 11.5. The Morgan fingerprint density at radius 2 is 1.76 bits per heavy atom. The quantitative estimate of drug-likeness (QED) is 0.676. The van der Waals surface area contributed by atoms with Crippen LogP contribution in [0.4, 0.5) is 0 Å². The Kier molecular flexibility index (Phi) is 7.07. The number of carbonyl (C=O) groups is 1. The van der Waals surface area contributed by atoms with Crippen LogP contribution in [0.1, 0.15) is 31.2 Å². The van der Waals surface area contributed by atoms with Crippen LogP contribution in [-0.2, 0) is 11.2 Å². The van der Waals surface area contributed by atoms with Crippen molar-refractivity contribution in [2.24, 2.45) is 0 Å². The summed E-state index contributed by atoms with van der Waals surface area (Å²) in [6.07, 6.45) is 4.40. The molecule has 1 amide bonds. The first kappa shape index (κ1) is 13.7. The van der Waals surface area contributed by atoms with Gasteiger partial charge in [-0.15, -0.1) is 0 Å². The Morgan fingerprint density at radius 3 is 2.47 bits per heavy atom. The standard InChI is InChI=1S/C14H21NO2/c16-11-7-2-1-6-10-15-14(17)12-13-8-4-3-5-9-13/h3-5,8-9,16H,1-2,6-7,10-12H2,(H,15,17). The van der Waals surface area contributed by atoms with Crippen molar-refractivity contribution in [1.82, 2.24) is 5.32 Å². The number of benzene rings is 1. The highest BCUT2D eigenvalue weighted by atomic mass is 16.2. The number of unbranched alkanes of at least 4 members (excludes halogenated alkanes) is 3. The summed E-state index contributed by atoms with van der Waals surface area (Å²) in [6, 6.07) is 9.75. The van der Waals surface area contributed by atoms with Gasteiger partial charge in [-0.3, -0.25) is 4.79 Å². The van der Waals surface area contributed by atoms with Crippen LogP contribution in [0.3, 0.4) is 0 Å². The van der Waals surface area contributed by atoms with Crippen LogP contribution in [0.25, 0.3) is 0 Å². The zero-order valence-electron chi connectivity index (χ0n) is 10.2. The van der Waals surface area contributed by atoms with Crippen LogP contribution >= 0.6 is 0 Å². The molecule has 1 aromatic carbocycles. The summed E-state index contributed by atoms with van der Waals surface area (Å²) in [4.78, 5) is 11.6. The molecular weight excluding hydrogens is 214 g/mol. The van der Waals surface area contributed by atoms with E-state index < -0.39 is 0 Å². The van der Waals surface area contributed by atoms with Crippen molar-refractivity contribution in [2.75, 3.05) is 13.2 Å². The molecule has 0 aliphatic heterocycles. The Labute approximate surface area is 103 Å². The van der Waals surface area contributed by atoms with Crippen molar-refractivity contribution < 1.29 is 9.90 Å². The molecule has 17 heavy (non-hydrogen) atoms. The maximum atomic E-state index is 11.6. The average Bonchev–Trinajstić information content (AvgIpc) is 2.35. The third kappa shape index (κ3) is 6.74. The van der Waals surface area contributed by atoms with Gasteiger partial charge in [0.15, 0.2) is 0 Å². The summed E-state index contributed by atoms with van der Waals surface area (Å²) in [5.41, 5.74) is 1.05. The number of aliphatic hydroxyl groups excluding tert-OH is 1. The fourth-order valence-corrected chi connectivity index (χ4v) is 1.66. The van der Waals surface area contributed by atoms with Crippen LogP contribution in [0, 0.1) is 0 Å². The van der Waals surface area contributed by atoms with E-state index in [-0.39, 0.29) is 12.5 Å². The number of amides is 1. The molecule has 0 aromatic heterocycles. The Hall–Kier alpha value is -1.35. The topological polar surface area (TPSA) is 49.3 Å². The van der Waals surface area contributed by atoms with E-state index in [4.69, 9.17) is 5.11 Å². The van der Waals surface area contributed by atoms with Crippen molar-refractivity contribution in [3.05, 3.63) is 35.9 Å². The second kappa shape index (κ2) is 8.76. The van der Waals surface area contributed by atoms with Crippen molar-refractivity contribution in [1.29, 1.82) is 0 Å². The molecule has 0 unspecified atom stereocenters. The molecule has 0 atom stereocenters. The number of rotatable bonds is 8. The largest absolute Gasteiger partial charge is 0.396 e. The van der Waals surface area contributed by atoms with Gasteiger partial charge in [-0.2, -0.15) is 0 Å². The van der Waals surface area contributed by atoms with E-state index >= 15 is 0 Å². The minimum absolute atomic E-state index is 0.0818. The van der Waals surface area contributed by atoms with Crippen LogP contribution < -0.4 is 5.32 Å². The molecule has 0 heterocycles. The van der Waals surface area contributed by atoms with E-state index in [1.807, 2.05) is 30.3 Å². The molecule has 0 bridgehead atoms. The summed E-state index contributed by atoms with van der Waals surface area (Å²) in [7, 11) is 0. The first-order chi connectivity index (χ1) is 8.33. The van der Waals surface area contributed by atoms with Gasteiger partial charge in [0.05, 0.1) is 6.42 Å². The highest BCUT2D eigenvalue weighted by molar-refractivity contribution is 5.78. The molecule has 3 heteroatoms. The zero-order chi connectivity index (χ0) is 12.3. The van der Waals surface area contributed by atoms with Gasteiger partial charge in [-0.05, 0) is 18.4 Å². The molecule has 0 aliphatic rings. The van der Waals surface area contributed by atoms with E-state index in [1.165, 1.54) is 0 Å². The summed E-state index contributed by atoms with van der Waals surface area (Å²) >= 11 is 0. The van der Waals surface area contributed by atoms with Gasteiger partial charge in [0.25, 0.3) is 0 Å². The molecule has 0 radical (unpaired) electrons. The van der Waals surface area contributed by atoms with Gasteiger partial charge in [0.1, 0.15) is 0 Å². The van der Waals surface area contributed by atoms with Gasteiger partial charge < -0.3 is 10.4 Å². The Bertz CT molecular complexity index is 311. The van der Waals surface area contributed by atoms with Crippen molar-refractivity contribution >= 4 is 5.91 Å². The number of nitrogens with one attached hydrogen (secondary N) is 1. The molecule has 1 rings (SSSR count). The maximum Gasteiger partial charge on any atom is 0.224 e. The summed E-state index contributed by atoms with van der Waals surface area (Å²) in [5.74, 6) is 0.0818. The number of aliphatic hydroxyl groups is 1. The number of hydrogen-bond donors (Lipinski definition) is 2. The van der Waals surface area contributed by atoms with Crippen molar-refractivity contribution in [3.63, 3.8) is 0 Å². The molecular formula is C14H21NO2. The second-order valence-electron chi connectivity index (χ2n) is 4.15. The van der Waals surface area contributed by atoms with E-state index in [0.29, 0.717) is 6.42 Å². The van der Waals surface area contributed by atoms with E-state index in [9.17, 15) is 4.79 Å². The molecule has 3 nitrogen and oxygen atoms in total. The molecule has 0 saturated heterocycles. The Balaban J connectivity index is 2.06. The first-order valence-electron chi connectivity index (χ1n) is 6.24. The van der Waals surface area contributed by atoms with Crippen LogP contribution in [-0.4, -0.2) is 24.2 Å². The lowest BCUT2D eigenvalue weighted by atomic mass is 10.1. The number of hydrogen-bond acceptors (Lipinski definition) is 2. The van der Waals surface area contributed by atoms with E-state index in [1.54, 1.807) is 0 Å². The van der Waals surface area contributed by atoms with Gasteiger partial charge in [-0.1, -0.05) is 43.2 Å². The molecule has 0 saturated carbocycles. The van der Waals surface area contributed by atoms with Gasteiger partial charge >= 0.3 is 0 Å². The van der Waals surface area contributed by atoms with Crippen LogP contribution in [0.5, 0.6) is 0 Å². The maximum absolute atomic E-state index is 11.6. The van der Waals surface area contributed by atoms with Gasteiger partial charge in [0.2, 0.25) is 5.91 Å². The summed E-state index contributed by atoms with van der Waals surface area (Å²) in [6.45, 7) is 0.997. The van der Waals surface area contributed by atoms with Crippen LogP contribution in [0.2, 0.25) is 0 Å². The average molecular weight is 235 g/mol. The lowest BCUT2D eigenvalue weighted by molar-refractivity contribution is -0.120. The predicted octanol–water partition coefficient (Wildman–Crippen LogP) is 1.90. The SMILES string of the molecule is O=C(Cc1ccccc1)NCCCCCCO. The first-order valence-corrected chi connectivity index (χ1v) is 6.24. The normalized spacial score (nSPS) is 10.2. The lowest BCUT2D eigenvalue weighted by Crippen LogP contribution is -2.26. The van der Waals surface area contributed by atoms with Crippen molar-refractivity contribution in [3.8, 4) is 0 Å². The molecule has 0 aliphatic carbocycles. The van der Waals surface area contributed by atoms with E-state index in [0.717, 1.165) is 37.8 Å². The molecule has 2 N–H and O–H groups in total. The van der Waals surface area contributed by atoms with Gasteiger partial charge in [0, 0.05) is 13.2 Å². The van der Waals surface area contributed by atoms with Crippen molar-refractivity contribution in [2.45, 2.75) is 32.1 Å². The minimum atomic E-state index is 0.0818. The lowest BCUT2D eigenvalue weighted by Gasteiger charge is -2.05. The third-order valence-electron chi connectivity index (χ3n) is 2.61. The fourth-order valence-electron chi connectivity index (χ4n) is 1.66. The molecule has 1 aromatic rings.